The Hall–Kier alpha value is -1.27. The molecule has 2 rings (SSSR count). The molecule has 3 nitrogen and oxygen atoms in total. The summed E-state index contributed by atoms with van der Waals surface area (Å²) in [7, 11) is 0. The molecule has 14 heavy (non-hydrogen) atoms. The Morgan fingerprint density at radius 2 is 2.21 bits per heavy atom. The van der Waals surface area contributed by atoms with E-state index < -0.39 is 0 Å². The zero-order chi connectivity index (χ0) is 9.97. The molecule has 0 saturated heterocycles. The lowest BCUT2D eigenvalue weighted by molar-refractivity contribution is 0.647. The van der Waals surface area contributed by atoms with E-state index in [4.69, 9.17) is 12.2 Å². The van der Waals surface area contributed by atoms with Gasteiger partial charge in [0, 0.05) is 6.54 Å². The summed E-state index contributed by atoms with van der Waals surface area (Å²) in [4.78, 5) is 0. The van der Waals surface area contributed by atoms with Crippen molar-refractivity contribution < 1.29 is 0 Å². The summed E-state index contributed by atoms with van der Waals surface area (Å²) in [6, 6.07) is 0. The zero-order valence-corrected chi connectivity index (χ0v) is 8.29. The van der Waals surface area contributed by atoms with E-state index in [1.807, 2.05) is 4.68 Å². The quantitative estimate of drug-likeness (QED) is 0.701. The van der Waals surface area contributed by atoms with Crippen LogP contribution < -0.4 is 5.73 Å². The molecule has 0 atom stereocenters. The Morgan fingerprint density at radius 1 is 1.43 bits per heavy atom. The van der Waals surface area contributed by atoms with Crippen molar-refractivity contribution >= 4 is 0 Å². The Labute approximate surface area is 84.3 Å². The molecular formula is C11H15N3. The molecule has 0 amide bonds. The second kappa shape index (κ2) is 3.85. The van der Waals surface area contributed by atoms with Gasteiger partial charge in [-0.2, -0.15) is 5.10 Å². The molecule has 0 aliphatic heterocycles. The van der Waals surface area contributed by atoms with Crippen molar-refractivity contribution in [2.45, 2.75) is 38.8 Å². The van der Waals surface area contributed by atoms with Crippen LogP contribution in [0, 0.1) is 12.3 Å². The van der Waals surface area contributed by atoms with Gasteiger partial charge in [-0.1, -0.05) is 5.92 Å². The minimum atomic E-state index is 0.541. The maximum Gasteiger partial charge on any atom is 0.102 e. The second-order valence-electron chi connectivity index (χ2n) is 3.64. The van der Waals surface area contributed by atoms with Gasteiger partial charge in [-0.05, 0) is 31.2 Å². The molecular weight excluding hydrogens is 174 g/mol. The molecule has 0 spiro atoms. The topological polar surface area (TPSA) is 43.8 Å². The van der Waals surface area contributed by atoms with Crippen molar-refractivity contribution in [1.82, 2.24) is 9.78 Å². The van der Waals surface area contributed by atoms with Crippen LogP contribution in [0.3, 0.4) is 0 Å². The molecule has 0 radical (unpaired) electrons. The summed E-state index contributed by atoms with van der Waals surface area (Å²) in [5, 5.41) is 4.51. The highest BCUT2D eigenvalue weighted by molar-refractivity contribution is 5.29. The fraction of sp³-hybridized carbons (Fsp3) is 0.545. The van der Waals surface area contributed by atoms with Crippen LogP contribution in [0.25, 0.3) is 0 Å². The van der Waals surface area contributed by atoms with E-state index >= 15 is 0 Å². The first kappa shape index (κ1) is 9.29. The number of terminal acetylenes is 1. The van der Waals surface area contributed by atoms with Gasteiger partial charge in [0.25, 0.3) is 0 Å². The first-order valence-electron chi connectivity index (χ1n) is 5.07. The van der Waals surface area contributed by atoms with Crippen LogP contribution in [0.2, 0.25) is 0 Å². The third-order valence-corrected chi connectivity index (χ3v) is 2.77. The maximum atomic E-state index is 5.72. The summed E-state index contributed by atoms with van der Waals surface area (Å²) >= 11 is 0. The van der Waals surface area contributed by atoms with Gasteiger partial charge in [-0.3, -0.25) is 4.68 Å². The van der Waals surface area contributed by atoms with Crippen LogP contribution in [0.5, 0.6) is 0 Å². The summed E-state index contributed by atoms with van der Waals surface area (Å²) in [6.07, 6.45) is 9.98. The SMILES string of the molecule is C#CCn1nc2c(c1CN)CCCC2. The van der Waals surface area contributed by atoms with Crippen LogP contribution in [-0.4, -0.2) is 9.78 Å². The van der Waals surface area contributed by atoms with E-state index in [0.717, 1.165) is 18.5 Å². The molecule has 1 aliphatic carbocycles. The van der Waals surface area contributed by atoms with Gasteiger partial charge in [-0.15, -0.1) is 6.42 Å². The largest absolute Gasteiger partial charge is 0.325 e. The molecule has 3 heteroatoms. The molecule has 1 aromatic heterocycles. The molecule has 0 bridgehead atoms. The Balaban J connectivity index is 2.42. The number of aryl methyl sites for hydroxylation is 1. The van der Waals surface area contributed by atoms with Gasteiger partial charge in [0.15, 0.2) is 0 Å². The fourth-order valence-electron chi connectivity index (χ4n) is 2.12. The van der Waals surface area contributed by atoms with Crippen LogP contribution in [0.1, 0.15) is 29.8 Å². The average Bonchev–Trinajstić information content (AvgIpc) is 2.55. The standard InChI is InChI=1S/C11H15N3/c1-2-7-14-11(8-12)9-5-3-4-6-10(9)13-14/h1H,3-8,12H2. The smallest absolute Gasteiger partial charge is 0.102 e. The van der Waals surface area contributed by atoms with Crippen LogP contribution in [0.15, 0.2) is 0 Å². The summed E-state index contributed by atoms with van der Waals surface area (Å²) in [5.74, 6) is 2.61. The number of hydrogen-bond donors (Lipinski definition) is 1. The highest BCUT2D eigenvalue weighted by atomic mass is 15.3. The van der Waals surface area contributed by atoms with Gasteiger partial charge < -0.3 is 5.73 Å². The predicted molar refractivity (Wildman–Crippen MR) is 55.6 cm³/mol. The van der Waals surface area contributed by atoms with Crippen molar-refractivity contribution in [2.24, 2.45) is 5.73 Å². The molecule has 0 fully saturated rings. The van der Waals surface area contributed by atoms with Crippen LogP contribution >= 0.6 is 0 Å². The lowest BCUT2D eigenvalue weighted by Crippen LogP contribution is -2.10. The van der Waals surface area contributed by atoms with Crippen molar-refractivity contribution in [3.63, 3.8) is 0 Å². The lowest BCUT2D eigenvalue weighted by Gasteiger charge is -2.10. The van der Waals surface area contributed by atoms with Crippen molar-refractivity contribution in [3.05, 3.63) is 17.0 Å². The summed E-state index contributed by atoms with van der Waals surface area (Å²) < 4.78 is 1.88. The Bertz CT molecular complexity index is 371. The monoisotopic (exact) mass is 189 g/mol. The molecule has 0 aromatic carbocycles. The number of fused-ring (bicyclic) bond motifs is 1. The minimum Gasteiger partial charge on any atom is -0.325 e. The first-order chi connectivity index (χ1) is 6.86. The van der Waals surface area contributed by atoms with E-state index in [0.29, 0.717) is 13.1 Å². The highest BCUT2D eigenvalue weighted by Gasteiger charge is 2.18. The molecule has 1 aliphatic rings. The van der Waals surface area contributed by atoms with E-state index in [1.54, 1.807) is 0 Å². The van der Waals surface area contributed by atoms with Crippen molar-refractivity contribution in [3.8, 4) is 12.3 Å². The lowest BCUT2D eigenvalue weighted by atomic mass is 9.96. The van der Waals surface area contributed by atoms with Gasteiger partial charge >= 0.3 is 0 Å². The van der Waals surface area contributed by atoms with Gasteiger partial charge in [0.1, 0.15) is 6.54 Å². The summed E-state index contributed by atoms with van der Waals surface area (Å²) in [6.45, 7) is 1.09. The molecule has 1 heterocycles. The highest BCUT2D eigenvalue weighted by Crippen LogP contribution is 2.23. The minimum absolute atomic E-state index is 0.541. The van der Waals surface area contributed by atoms with Crippen molar-refractivity contribution in [1.29, 1.82) is 0 Å². The van der Waals surface area contributed by atoms with Crippen LogP contribution in [0.4, 0.5) is 0 Å². The van der Waals surface area contributed by atoms with Crippen molar-refractivity contribution in [2.75, 3.05) is 0 Å². The Morgan fingerprint density at radius 3 is 2.93 bits per heavy atom. The third-order valence-electron chi connectivity index (χ3n) is 2.77. The molecule has 0 unspecified atom stereocenters. The number of rotatable bonds is 2. The summed E-state index contributed by atoms with van der Waals surface area (Å²) in [5.41, 5.74) is 9.43. The number of aromatic nitrogens is 2. The number of hydrogen-bond acceptors (Lipinski definition) is 2. The molecule has 0 saturated carbocycles. The zero-order valence-electron chi connectivity index (χ0n) is 8.29. The number of nitrogens with two attached hydrogens (primary N) is 1. The maximum absolute atomic E-state index is 5.72. The first-order valence-corrected chi connectivity index (χ1v) is 5.07. The Kier molecular flexibility index (Phi) is 2.55. The fourth-order valence-corrected chi connectivity index (χ4v) is 2.12. The van der Waals surface area contributed by atoms with Gasteiger partial charge in [-0.25, -0.2) is 0 Å². The normalized spacial score (nSPS) is 14.9. The molecule has 74 valence electrons. The average molecular weight is 189 g/mol. The molecule has 2 N–H and O–H groups in total. The number of nitrogens with zero attached hydrogens (tertiary/aromatic N) is 2. The van der Waals surface area contributed by atoms with Gasteiger partial charge in [0.2, 0.25) is 0 Å². The van der Waals surface area contributed by atoms with E-state index in [1.165, 1.54) is 24.1 Å². The predicted octanol–water partition coefficient (Wildman–Crippen LogP) is 0.854. The van der Waals surface area contributed by atoms with E-state index in [2.05, 4.69) is 11.0 Å². The van der Waals surface area contributed by atoms with Crippen LogP contribution in [-0.2, 0) is 25.9 Å². The second-order valence-corrected chi connectivity index (χ2v) is 3.64. The molecule has 1 aromatic rings. The van der Waals surface area contributed by atoms with E-state index in [-0.39, 0.29) is 0 Å². The van der Waals surface area contributed by atoms with E-state index in [9.17, 15) is 0 Å². The van der Waals surface area contributed by atoms with Gasteiger partial charge in [0.05, 0.1) is 11.4 Å². The third kappa shape index (κ3) is 1.42.